The van der Waals surface area contributed by atoms with Crippen molar-refractivity contribution in [2.24, 2.45) is 11.7 Å². The summed E-state index contributed by atoms with van der Waals surface area (Å²) in [7, 11) is 3.33. The molecule has 82 valence electrons. The summed E-state index contributed by atoms with van der Waals surface area (Å²) in [6.07, 6.45) is 2.42. The molecule has 1 aromatic carbocycles. The fraction of sp³-hybridized carbons (Fsp3) is 0.500. The minimum atomic E-state index is 0.0381. The van der Waals surface area contributed by atoms with Crippen molar-refractivity contribution in [1.29, 1.82) is 0 Å². The molecule has 0 radical (unpaired) electrons. The summed E-state index contributed by atoms with van der Waals surface area (Å²) in [5.41, 5.74) is 7.20. The molecule has 15 heavy (non-hydrogen) atoms. The predicted octanol–water partition coefficient (Wildman–Crippen LogP) is 2.11. The van der Waals surface area contributed by atoms with Crippen LogP contribution in [0.25, 0.3) is 0 Å². The third-order valence-electron chi connectivity index (χ3n) is 2.93. The van der Waals surface area contributed by atoms with Gasteiger partial charge in [0.1, 0.15) is 11.5 Å². The maximum absolute atomic E-state index is 6.19. The summed E-state index contributed by atoms with van der Waals surface area (Å²) < 4.78 is 10.7. The summed E-state index contributed by atoms with van der Waals surface area (Å²) in [5, 5.41) is 0. The van der Waals surface area contributed by atoms with Gasteiger partial charge in [-0.3, -0.25) is 0 Å². The van der Waals surface area contributed by atoms with Gasteiger partial charge in [0, 0.05) is 6.04 Å². The molecule has 0 saturated heterocycles. The fourth-order valence-electron chi connectivity index (χ4n) is 1.90. The zero-order valence-corrected chi connectivity index (χ0v) is 9.19. The normalized spacial score (nSPS) is 17.3. The van der Waals surface area contributed by atoms with Gasteiger partial charge in [-0.1, -0.05) is 6.07 Å². The molecule has 0 bridgehead atoms. The highest BCUT2D eigenvalue weighted by atomic mass is 16.5. The van der Waals surface area contributed by atoms with E-state index in [1.165, 1.54) is 12.8 Å². The smallest absolute Gasteiger partial charge is 0.127 e. The summed E-state index contributed by atoms with van der Waals surface area (Å²) in [4.78, 5) is 0. The second-order valence-corrected chi connectivity index (χ2v) is 3.94. The Morgan fingerprint density at radius 2 is 1.73 bits per heavy atom. The third kappa shape index (κ3) is 1.92. The van der Waals surface area contributed by atoms with Crippen molar-refractivity contribution in [3.05, 3.63) is 23.8 Å². The van der Waals surface area contributed by atoms with Gasteiger partial charge >= 0.3 is 0 Å². The van der Waals surface area contributed by atoms with Crippen molar-refractivity contribution in [3.8, 4) is 11.5 Å². The van der Waals surface area contributed by atoms with E-state index >= 15 is 0 Å². The van der Waals surface area contributed by atoms with E-state index in [4.69, 9.17) is 15.2 Å². The Morgan fingerprint density at radius 1 is 1.20 bits per heavy atom. The molecule has 0 heterocycles. The maximum Gasteiger partial charge on any atom is 0.127 e. The van der Waals surface area contributed by atoms with Gasteiger partial charge in [0.05, 0.1) is 19.8 Å². The summed E-state index contributed by atoms with van der Waals surface area (Å²) in [6.45, 7) is 0. The molecule has 3 heteroatoms. The molecule has 1 atom stereocenters. The van der Waals surface area contributed by atoms with Gasteiger partial charge in [-0.05, 0) is 30.9 Å². The number of nitrogens with two attached hydrogens (primary N) is 1. The van der Waals surface area contributed by atoms with Crippen LogP contribution in [0.3, 0.4) is 0 Å². The Hall–Kier alpha value is -1.22. The molecule has 0 spiro atoms. The molecule has 2 N–H and O–H groups in total. The van der Waals surface area contributed by atoms with Gasteiger partial charge < -0.3 is 15.2 Å². The molecule has 1 aliphatic carbocycles. The zero-order chi connectivity index (χ0) is 10.8. The van der Waals surface area contributed by atoms with Crippen LogP contribution in [0, 0.1) is 5.92 Å². The van der Waals surface area contributed by atoms with E-state index in [-0.39, 0.29) is 6.04 Å². The molecule has 0 aromatic heterocycles. The van der Waals surface area contributed by atoms with Crippen LogP contribution in [-0.4, -0.2) is 14.2 Å². The first-order chi connectivity index (χ1) is 7.27. The number of methoxy groups -OCH3 is 2. The van der Waals surface area contributed by atoms with Crippen molar-refractivity contribution in [2.75, 3.05) is 14.2 Å². The van der Waals surface area contributed by atoms with E-state index in [1.807, 2.05) is 18.2 Å². The predicted molar refractivity (Wildman–Crippen MR) is 59.2 cm³/mol. The lowest BCUT2D eigenvalue weighted by Gasteiger charge is -2.18. The van der Waals surface area contributed by atoms with Gasteiger partial charge in [0.25, 0.3) is 0 Å². The first-order valence-corrected chi connectivity index (χ1v) is 5.24. The van der Waals surface area contributed by atoms with Crippen molar-refractivity contribution in [1.82, 2.24) is 0 Å². The molecule has 1 aliphatic rings. The topological polar surface area (TPSA) is 44.5 Å². The molecule has 3 nitrogen and oxygen atoms in total. The van der Waals surface area contributed by atoms with Gasteiger partial charge in [-0.25, -0.2) is 0 Å². The number of benzene rings is 1. The van der Waals surface area contributed by atoms with Crippen LogP contribution in [0.15, 0.2) is 18.2 Å². The first kappa shape index (κ1) is 10.3. The van der Waals surface area contributed by atoms with E-state index < -0.39 is 0 Å². The Balaban J connectivity index is 2.39. The lowest BCUT2D eigenvalue weighted by Crippen LogP contribution is -2.14. The summed E-state index contributed by atoms with van der Waals surface area (Å²) >= 11 is 0. The third-order valence-corrected chi connectivity index (χ3v) is 2.93. The lowest BCUT2D eigenvalue weighted by molar-refractivity contribution is 0.375. The van der Waals surface area contributed by atoms with Crippen molar-refractivity contribution in [2.45, 2.75) is 18.9 Å². The number of hydrogen-bond donors (Lipinski definition) is 1. The average Bonchev–Trinajstić information content (AvgIpc) is 3.10. The summed E-state index contributed by atoms with van der Waals surface area (Å²) in [5.74, 6) is 2.25. The quantitative estimate of drug-likeness (QED) is 0.822. The van der Waals surface area contributed by atoms with E-state index in [2.05, 4.69) is 0 Å². The highest BCUT2D eigenvalue weighted by Crippen LogP contribution is 2.45. The SMILES string of the molecule is COc1cccc(OC)c1C(N)C1CC1. The second kappa shape index (κ2) is 4.11. The van der Waals surface area contributed by atoms with Gasteiger partial charge in [-0.15, -0.1) is 0 Å². The minimum Gasteiger partial charge on any atom is -0.496 e. The van der Waals surface area contributed by atoms with Crippen LogP contribution in [0.2, 0.25) is 0 Å². The standard InChI is InChI=1S/C12H17NO2/c1-14-9-4-3-5-10(15-2)11(9)12(13)8-6-7-8/h3-5,8,12H,6-7,13H2,1-2H3. The van der Waals surface area contributed by atoms with Crippen LogP contribution < -0.4 is 15.2 Å². The van der Waals surface area contributed by atoms with Crippen molar-refractivity contribution >= 4 is 0 Å². The molecular formula is C12H17NO2. The van der Waals surface area contributed by atoms with Crippen LogP contribution in [0.4, 0.5) is 0 Å². The van der Waals surface area contributed by atoms with E-state index in [9.17, 15) is 0 Å². The molecule has 2 rings (SSSR count). The lowest BCUT2D eigenvalue weighted by atomic mass is 10.0. The Kier molecular flexibility index (Phi) is 2.82. The van der Waals surface area contributed by atoms with Gasteiger partial charge in [0.15, 0.2) is 0 Å². The van der Waals surface area contributed by atoms with Crippen LogP contribution in [0.1, 0.15) is 24.4 Å². The first-order valence-electron chi connectivity index (χ1n) is 5.24. The molecule has 1 saturated carbocycles. The van der Waals surface area contributed by atoms with Gasteiger partial charge in [0.2, 0.25) is 0 Å². The molecule has 1 aromatic rings. The highest BCUT2D eigenvalue weighted by Gasteiger charge is 2.33. The number of ether oxygens (including phenoxy) is 2. The zero-order valence-electron chi connectivity index (χ0n) is 9.19. The van der Waals surface area contributed by atoms with E-state index in [0.29, 0.717) is 5.92 Å². The molecule has 0 aliphatic heterocycles. The minimum absolute atomic E-state index is 0.0381. The largest absolute Gasteiger partial charge is 0.496 e. The van der Waals surface area contributed by atoms with Crippen LogP contribution in [0.5, 0.6) is 11.5 Å². The Bertz CT molecular complexity index is 325. The second-order valence-electron chi connectivity index (χ2n) is 3.94. The number of hydrogen-bond acceptors (Lipinski definition) is 3. The Morgan fingerprint density at radius 3 is 2.13 bits per heavy atom. The van der Waals surface area contributed by atoms with Crippen LogP contribution in [-0.2, 0) is 0 Å². The molecule has 0 amide bonds. The van der Waals surface area contributed by atoms with E-state index in [0.717, 1.165) is 17.1 Å². The number of rotatable bonds is 4. The molecular weight excluding hydrogens is 190 g/mol. The molecule has 1 unspecified atom stereocenters. The highest BCUT2D eigenvalue weighted by molar-refractivity contribution is 5.47. The molecule has 1 fully saturated rings. The van der Waals surface area contributed by atoms with Crippen molar-refractivity contribution < 1.29 is 9.47 Å². The van der Waals surface area contributed by atoms with Gasteiger partial charge in [-0.2, -0.15) is 0 Å². The Labute approximate surface area is 90.2 Å². The summed E-state index contributed by atoms with van der Waals surface area (Å²) in [6, 6.07) is 5.82. The fourth-order valence-corrected chi connectivity index (χ4v) is 1.90. The van der Waals surface area contributed by atoms with Crippen molar-refractivity contribution in [3.63, 3.8) is 0 Å². The maximum atomic E-state index is 6.19. The van der Waals surface area contributed by atoms with E-state index in [1.54, 1.807) is 14.2 Å². The average molecular weight is 207 g/mol. The van der Waals surface area contributed by atoms with Crippen LogP contribution >= 0.6 is 0 Å². The monoisotopic (exact) mass is 207 g/mol.